The van der Waals surface area contributed by atoms with E-state index in [1.54, 1.807) is 12.4 Å². The second kappa shape index (κ2) is 4.33. The summed E-state index contributed by atoms with van der Waals surface area (Å²) in [7, 11) is 0. The lowest BCUT2D eigenvalue weighted by Gasteiger charge is -2.05. The molecule has 2 aromatic heterocycles. The van der Waals surface area contributed by atoms with E-state index in [4.69, 9.17) is 5.73 Å². The fourth-order valence-electron chi connectivity index (χ4n) is 1.96. The molecule has 0 amide bonds. The van der Waals surface area contributed by atoms with Crippen molar-refractivity contribution in [3.05, 3.63) is 55.0 Å². The van der Waals surface area contributed by atoms with Crippen molar-refractivity contribution in [3.63, 3.8) is 0 Å². The second-order valence-electron chi connectivity index (χ2n) is 3.97. The molecule has 0 fully saturated rings. The van der Waals surface area contributed by atoms with Crippen molar-refractivity contribution in [1.82, 2.24) is 15.2 Å². The summed E-state index contributed by atoms with van der Waals surface area (Å²) in [6.45, 7) is 0. The standard InChI is InChI=1S/C14H12N4/c15-13-4-2-1-3-11(13)14-12(9-17-18-14)10-5-7-16-8-6-10/h1-9H,15H2,(H,17,18). The summed E-state index contributed by atoms with van der Waals surface area (Å²) in [6, 6.07) is 11.6. The summed E-state index contributed by atoms with van der Waals surface area (Å²) >= 11 is 0. The smallest absolute Gasteiger partial charge is 0.102 e. The van der Waals surface area contributed by atoms with E-state index in [1.807, 2.05) is 42.6 Å². The lowest BCUT2D eigenvalue weighted by molar-refractivity contribution is 1.10. The zero-order chi connectivity index (χ0) is 12.4. The fourth-order valence-corrected chi connectivity index (χ4v) is 1.96. The number of nitrogens with zero attached hydrogens (tertiary/aromatic N) is 2. The summed E-state index contributed by atoms with van der Waals surface area (Å²) in [5.74, 6) is 0. The van der Waals surface area contributed by atoms with Crippen LogP contribution < -0.4 is 5.73 Å². The van der Waals surface area contributed by atoms with Crippen LogP contribution >= 0.6 is 0 Å². The average molecular weight is 236 g/mol. The molecule has 3 aromatic rings. The highest BCUT2D eigenvalue weighted by molar-refractivity contribution is 5.85. The number of nitrogens with one attached hydrogen (secondary N) is 1. The van der Waals surface area contributed by atoms with Crippen LogP contribution in [0.2, 0.25) is 0 Å². The fraction of sp³-hybridized carbons (Fsp3) is 0. The van der Waals surface area contributed by atoms with Gasteiger partial charge in [0.15, 0.2) is 0 Å². The first-order chi connectivity index (χ1) is 8.86. The molecule has 0 radical (unpaired) electrons. The highest BCUT2D eigenvalue weighted by Gasteiger charge is 2.12. The van der Waals surface area contributed by atoms with Crippen molar-refractivity contribution >= 4 is 5.69 Å². The van der Waals surface area contributed by atoms with E-state index < -0.39 is 0 Å². The Morgan fingerprint density at radius 3 is 2.50 bits per heavy atom. The number of hydrogen-bond acceptors (Lipinski definition) is 3. The molecule has 0 aliphatic carbocycles. The number of pyridine rings is 1. The van der Waals surface area contributed by atoms with Crippen molar-refractivity contribution in [2.45, 2.75) is 0 Å². The molecule has 18 heavy (non-hydrogen) atoms. The number of nitrogens with two attached hydrogens (primary N) is 1. The Morgan fingerprint density at radius 1 is 0.944 bits per heavy atom. The molecule has 0 aliphatic rings. The third-order valence-electron chi connectivity index (χ3n) is 2.85. The van der Waals surface area contributed by atoms with Crippen LogP contribution in [-0.2, 0) is 0 Å². The molecule has 0 bridgehead atoms. The minimum atomic E-state index is 0.722. The predicted molar refractivity (Wildman–Crippen MR) is 71.7 cm³/mol. The molecule has 0 atom stereocenters. The first-order valence-electron chi connectivity index (χ1n) is 5.65. The van der Waals surface area contributed by atoms with E-state index in [2.05, 4.69) is 15.2 Å². The largest absolute Gasteiger partial charge is 0.398 e. The van der Waals surface area contributed by atoms with Gasteiger partial charge in [-0.25, -0.2) is 0 Å². The number of anilines is 1. The zero-order valence-electron chi connectivity index (χ0n) is 9.67. The maximum Gasteiger partial charge on any atom is 0.102 e. The third kappa shape index (κ3) is 1.73. The van der Waals surface area contributed by atoms with Gasteiger partial charge in [-0.05, 0) is 23.8 Å². The normalized spacial score (nSPS) is 10.4. The molecule has 3 N–H and O–H groups in total. The van der Waals surface area contributed by atoms with Gasteiger partial charge in [-0.2, -0.15) is 5.10 Å². The first-order valence-corrected chi connectivity index (χ1v) is 5.65. The number of nitrogen functional groups attached to an aromatic ring is 1. The Hall–Kier alpha value is -2.62. The second-order valence-corrected chi connectivity index (χ2v) is 3.97. The van der Waals surface area contributed by atoms with E-state index in [9.17, 15) is 0 Å². The van der Waals surface area contributed by atoms with Crippen LogP contribution in [0.3, 0.4) is 0 Å². The quantitative estimate of drug-likeness (QED) is 0.672. The van der Waals surface area contributed by atoms with Gasteiger partial charge in [-0.1, -0.05) is 18.2 Å². The van der Waals surface area contributed by atoms with Gasteiger partial charge in [0.1, 0.15) is 5.69 Å². The molecular formula is C14H12N4. The van der Waals surface area contributed by atoms with E-state index >= 15 is 0 Å². The average Bonchev–Trinajstić information content (AvgIpc) is 2.89. The Bertz CT molecular complexity index is 658. The summed E-state index contributed by atoms with van der Waals surface area (Å²) < 4.78 is 0. The zero-order valence-corrected chi connectivity index (χ0v) is 9.67. The van der Waals surface area contributed by atoms with Crippen LogP contribution in [0.15, 0.2) is 55.0 Å². The maximum atomic E-state index is 5.99. The number of para-hydroxylation sites is 1. The molecule has 2 heterocycles. The number of aromatic nitrogens is 3. The van der Waals surface area contributed by atoms with Crippen molar-refractivity contribution in [2.75, 3.05) is 5.73 Å². The topological polar surface area (TPSA) is 67.6 Å². The number of benzene rings is 1. The predicted octanol–water partition coefficient (Wildman–Crippen LogP) is 2.72. The van der Waals surface area contributed by atoms with Crippen molar-refractivity contribution in [2.24, 2.45) is 0 Å². The summed E-state index contributed by atoms with van der Waals surface area (Å²) in [5, 5.41) is 7.19. The van der Waals surface area contributed by atoms with Crippen LogP contribution in [0.25, 0.3) is 22.4 Å². The maximum absolute atomic E-state index is 5.99. The molecular weight excluding hydrogens is 224 g/mol. The lowest BCUT2D eigenvalue weighted by atomic mass is 10.0. The van der Waals surface area contributed by atoms with Gasteiger partial charge >= 0.3 is 0 Å². The van der Waals surface area contributed by atoms with E-state index in [0.29, 0.717) is 0 Å². The van der Waals surface area contributed by atoms with Gasteiger partial charge in [0, 0.05) is 35.4 Å². The van der Waals surface area contributed by atoms with Crippen molar-refractivity contribution in [3.8, 4) is 22.4 Å². The molecule has 0 aliphatic heterocycles. The Labute approximate surface area is 105 Å². The van der Waals surface area contributed by atoms with E-state index in [-0.39, 0.29) is 0 Å². The molecule has 1 aromatic carbocycles. The van der Waals surface area contributed by atoms with Crippen LogP contribution in [0.5, 0.6) is 0 Å². The van der Waals surface area contributed by atoms with Gasteiger partial charge in [-0.3, -0.25) is 10.1 Å². The molecule has 88 valence electrons. The summed E-state index contributed by atoms with van der Waals surface area (Å²) in [4.78, 5) is 4.02. The van der Waals surface area contributed by atoms with E-state index in [0.717, 1.165) is 28.1 Å². The monoisotopic (exact) mass is 236 g/mol. The summed E-state index contributed by atoms with van der Waals surface area (Å²) in [5.41, 5.74) is 10.6. The highest BCUT2D eigenvalue weighted by atomic mass is 15.1. The van der Waals surface area contributed by atoms with Gasteiger partial charge in [-0.15, -0.1) is 0 Å². The highest BCUT2D eigenvalue weighted by Crippen LogP contribution is 2.32. The van der Waals surface area contributed by atoms with Gasteiger partial charge in [0.2, 0.25) is 0 Å². The van der Waals surface area contributed by atoms with Gasteiger partial charge in [0.25, 0.3) is 0 Å². The molecule has 4 heteroatoms. The molecule has 4 nitrogen and oxygen atoms in total. The number of H-pyrrole nitrogens is 1. The van der Waals surface area contributed by atoms with Crippen LogP contribution in [0.1, 0.15) is 0 Å². The minimum absolute atomic E-state index is 0.722. The Morgan fingerprint density at radius 2 is 1.72 bits per heavy atom. The van der Waals surface area contributed by atoms with Crippen LogP contribution in [-0.4, -0.2) is 15.2 Å². The van der Waals surface area contributed by atoms with Gasteiger partial charge < -0.3 is 5.73 Å². The van der Waals surface area contributed by atoms with Crippen molar-refractivity contribution in [1.29, 1.82) is 0 Å². The molecule has 0 spiro atoms. The third-order valence-corrected chi connectivity index (χ3v) is 2.85. The van der Waals surface area contributed by atoms with Crippen molar-refractivity contribution < 1.29 is 0 Å². The number of aromatic amines is 1. The molecule has 3 rings (SSSR count). The molecule has 0 saturated heterocycles. The van der Waals surface area contributed by atoms with Crippen LogP contribution in [0, 0.1) is 0 Å². The molecule has 0 saturated carbocycles. The lowest BCUT2D eigenvalue weighted by Crippen LogP contribution is -1.91. The molecule has 0 unspecified atom stereocenters. The Balaban J connectivity index is 2.16. The SMILES string of the molecule is Nc1ccccc1-c1n[nH]cc1-c1ccncc1. The Kier molecular flexibility index (Phi) is 2.53. The number of hydrogen-bond donors (Lipinski definition) is 2. The van der Waals surface area contributed by atoms with Gasteiger partial charge in [0.05, 0.1) is 0 Å². The first kappa shape index (κ1) is 10.5. The minimum Gasteiger partial charge on any atom is -0.398 e. The summed E-state index contributed by atoms with van der Waals surface area (Å²) in [6.07, 6.45) is 5.40. The van der Waals surface area contributed by atoms with E-state index in [1.165, 1.54) is 0 Å². The number of rotatable bonds is 2. The van der Waals surface area contributed by atoms with Crippen LogP contribution in [0.4, 0.5) is 5.69 Å².